The second kappa shape index (κ2) is 7.70. The van der Waals surface area contributed by atoms with Crippen molar-refractivity contribution >= 4 is 17.4 Å². The highest BCUT2D eigenvalue weighted by Crippen LogP contribution is 2.12. The fraction of sp³-hybridized carbons (Fsp3) is 0.333. The lowest BCUT2D eigenvalue weighted by molar-refractivity contribution is 0.305. The van der Waals surface area contributed by atoms with Gasteiger partial charge in [0.25, 0.3) is 0 Å². The Morgan fingerprint density at radius 1 is 1.20 bits per heavy atom. The lowest BCUT2D eigenvalue weighted by Gasteiger charge is -2.07. The molecule has 2 rings (SSSR count). The standard InChI is InChI=1S/C15H18ClN3O/c1-2-9-20-15-10-14(18-11-19-15)17-8-7-12-3-5-13(16)6-4-12/h3-6,10-11H,2,7-9H2,1H3,(H,17,18,19). The topological polar surface area (TPSA) is 47.0 Å². The normalized spacial score (nSPS) is 10.3. The maximum Gasteiger partial charge on any atom is 0.218 e. The van der Waals surface area contributed by atoms with Gasteiger partial charge in [0.15, 0.2) is 0 Å². The molecule has 1 heterocycles. The summed E-state index contributed by atoms with van der Waals surface area (Å²) in [7, 11) is 0. The Hall–Kier alpha value is -1.81. The third kappa shape index (κ3) is 4.70. The van der Waals surface area contributed by atoms with E-state index in [0.29, 0.717) is 12.5 Å². The number of rotatable bonds is 7. The van der Waals surface area contributed by atoms with E-state index in [0.717, 1.165) is 30.2 Å². The summed E-state index contributed by atoms with van der Waals surface area (Å²) in [6.45, 7) is 3.53. The highest BCUT2D eigenvalue weighted by molar-refractivity contribution is 6.30. The molecule has 0 atom stereocenters. The maximum absolute atomic E-state index is 5.85. The van der Waals surface area contributed by atoms with Gasteiger partial charge >= 0.3 is 0 Å². The molecule has 0 saturated heterocycles. The van der Waals surface area contributed by atoms with Crippen molar-refractivity contribution in [3.8, 4) is 5.88 Å². The summed E-state index contributed by atoms with van der Waals surface area (Å²) in [5.41, 5.74) is 1.23. The molecule has 2 aromatic rings. The van der Waals surface area contributed by atoms with Gasteiger partial charge in [-0.15, -0.1) is 0 Å². The molecule has 106 valence electrons. The molecular formula is C15H18ClN3O. The van der Waals surface area contributed by atoms with Crippen LogP contribution in [0.3, 0.4) is 0 Å². The zero-order valence-electron chi connectivity index (χ0n) is 11.5. The van der Waals surface area contributed by atoms with Gasteiger partial charge in [-0.1, -0.05) is 30.7 Å². The molecule has 0 aliphatic heterocycles. The summed E-state index contributed by atoms with van der Waals surface area (Å²) >= 11 is 5.85. The molecule has 0 spiro atoms. The highest BCUT2D eigenvalue weighted by atomic mass is 35.5. The van der Waals surface area contributed by atoms with Crippen LogP contribution in [-0.4, -0.2) is 23.1 Å². The quantitative estimate of drug-likeness (QED) is 0.847. The van der Waals surface area contributed by atoms with Crippen molar-refractivity contribution in [2.24, 2.45) is 0 Å². The Bertz CT molecular complexity index is 531. The molecule has 1 N–H and O–H groups in total. The van der Waals surface area contributed by atoms with Crippen LogP contribution in [0.2, 0.25) is 5.02 Å². The molecule has 1 aromatic carbocycles. The Morgan fingerprint density at radius 3 is 2.75 bits per heavy atom. The largest absolute Gasteiger partial charge is 0.478 e. The molecule has 1 aromatic heterocycles. The first-order valence-corrected chi connectivity index (χ1v) is 7.09. The zero-order valence-corrected chi connectivity index (χ0v) is 12.2. The van der Waals surface area contributed by atoms with Gasteiger partial charge in [-0.3, -0.25) is 0 Å². The van der Waals surface area contributed by atoms with Crippen molar-refractivity contribution < 1.29 is 4.74 Å². The van der Waals surface area contributed by atoms with E-state index in [1.807, 2.05) is 30.3 Å². The lowest BCUT2D eigenvalue weighted by atomic mass is 10.1. The van der Waals surface area contributed by atoms with Gasteiger partial charge in [-0.05, 0) is 30.5 Å². The molecule has 0 unspecified atom stereocenters. The van der Waals surface area contributed by atoms with Gasteiger partial charge in [0.2, 0.25) is 5.88 Å². The summed E-state index contributed by atoms with van der Waals surface area (Å²) < 4.78 is 5.47. The van der Waals surface area contributed by atoms with Gasteiger partial charge in [0.1, 0.15) is 12.1 Å². The highest BCUT2D eigenvalue weighted by Gasteiger charge is 1.99. The second-order valence-electron chi connectivity index (χ2n) is 4.39. The third-order valence-electron chi connectivity index (χ3n) is 2.73. The molecule has 0 bridgehead atoms. The molecule has 4 nitrogen and oxygen atoms in total. The average Bonchev–Trinajstić information content (AvgIpc) is 2.48. The number of benzene rings is 1. The van der Waals surface area contributed by atoms with Gasteiger partial charge < -0.3 is 10.1 Å². The van der Waals surface area contributed by atoms with Crippen LogP contribution in [0, 0.1) is 0 Å². The van der Waals surface area contributed by atoms with E-state index in [1.165, 1.54) is 11.9 Å². The van der Waals surface area contributed by atoms with Crippen LogP contribution < -0.4 is 10.1 Å². The molecule has 20 heavy (non-hydrogen) atoms. The fourth-order valence-electron chi connectivity index (χ4n) is 1.71. The van der Waals surface area contributed by atoms with Gasteiger partial charge in [-0.25, -0.2) is 9.97 Å². The minimum absolute atomic E-state index is 0.607. The van der Waals surface area contributed by atoms with E-state index < -0.39 is 0 Å². The summed E-state index contributed by atoms with van der Waals surface area (Å²) in [4.78, 5) is 8.23. The Balaban J connectivity index is 1.82. The third-order valence-corrected chi connectivity index (χ3v) is 2.98. The number of hydrogen-bond donors (Lipinski definition) is 1. The predicted molar refractivity (Wildman–Crippen MR) is 81.5 cm³/mol. The van der Waals surface area contributed by atoms with Gasteiger partial charge in [-0.2, -0.15) is 0 Å². The fourth-order valence-corrected chi connectivity index (χ4v) is 1.83. The number of anilines is 1. The smallest absolute Gasteiger partial charge is 0.218 e. The van der Waals surface area contributed by atoms with Crippen LogP contribution >= 0.6 is 11.6 Å². The number of ether oxygens (including phenoxy) is 1. The lowest BCUT2D eigenvalue weighted by Crippen LogP contribution is -2.07. The molecule has 0 fully saturated rings. The van der Waals surface area contributed by atoms with E-state index in [2.05, 4.69) is 22.2 Å². The Morgan fingerprint density at radius 2 is 2.00 bits per heavy atom. The number of aromatic nitrogens is 2. The Labute approximate surface area is 124 Å². The van der Waals surface area contributed by atoms with Gasteiger partial charge in [0.05, 0.1) is 6.61 Å². The minimum Gasteiger partial charge on any atom is -0.478 e. The van der Waals surface area contributed by atoms with Crippen molar-refractivity contribution in [3.05, 3.63) is 47.2 Å². The SMILES string of the molecule is CCCOc1cc(NCCc2ccc(Cl)cc2)ncn1. The number of hydrogen-bond acceptors (Lipinski definition) is 4. The summed E-state index contributed by atoms with van der Waals surface area (Å²) in [6, 6.07) is 9.67. The maximum atomic E-state index is 5.85. The van der Waals surface area contributed by atoms with Gasteiger partial charge in [0, 0.05) is 17.6 Å². The molecular weight excluding hydrogens is 274 g/mol. The monoisotopic (exact) mass is 291 g/mol. The van der Waals surface area contributed by atoms with Crippen LogP contribution in [0.1, 0.15) is 18.9 Å². The van der Waals surface area contributed by atoms with Crippen LogP contribution in [-0.2, 0) is 6.42 Å². The number of halogens is 1. The first-order chi connectivity index (χ1) is 9.78. The van der Waals surface area contributed by atoms with E-state index in [4.69, 9.17) is 16.3 Å². The van der Waals surface area contributed by atoms with E-state index in [-0.39, 0.29) is 0 Å². The van der Waals surface area contributed by atoms with Crippen LogP contribution in [0.15, 0.2) is 36.7 Å². The molecule has 0 radical (unpaired) electrons. The number of nitrogens with one attached hydrogen (secondary N) is 1. The molecule has 5 heteroatoms. The van der Waals surface area contributed by atoms with Crippen LogP contribution in [0.25, 0.3) is 0 Å². The summed E-state index contributed by atoms with van der Waals surface area (Å²) in [6.07, 6.45) is 3.38. The van der Waals surface area contributed by atoms with E-state index >= 15 is 0 Å². The van der Waals surface area contributed by atoms with Crippen molar-refractivity contribution in [2.45, 2.75) is 19.8 Å². The zero-order chi connectivity index (χ0) is 14.2. The summed E-state index contributed by atoms with van der Waals surface area (Å²) in [5, 5.41) is 4.02. The van der Waals surface area contributed by atoms with E-state index in [9.17, 15) is 0 Å². The molecule has 0 aliphatic carbocycles. The van der Waals surface area contributed by atoms with Crippen LogP contribution in [0.4, 0.5) is 5.82 Å². The molecule has 0 aliphatic rings. The van der Waals surface area contributed by atoms with Crippen molar-refractivity contribution in [2.75, 3.05) is 18.5 Å². The average molecular weight is 292 g/mol. The van der Waals surface area contributed by atoms with Crippen LogP contribution in [0.5, 0.6) is 5.88 Å². The van der Waals surface area contributed by atoms with Crippen molar-refractivity contribution in [3.63, 3.8) is 0 Å². The number of nitrogens with zero attached hydrogens (tertiary/aromatic N) is 2. The molecule has 0 saturated carbocycles. The minimum atomic E-state index is 0.607. The van der Waals surface area contributed by atoms with Crippen molar-refractivity contribution in [1.82, 2.24) is 9.97 Å². The Kier molecular flexibility index (Phi) is 5.62. The predicted octanol–water partition coefficient (Wildman–Crippen LogP) is 3.57. The van der Waals surface area contributed by atoms with Crippen molar-refractivity contribution in [1.29, 1.82) is 0 Å². The molecule has 0 amide bonds. The first-order valence-electron chi connectivity index (χ1n) is 6.71. The summed E-state index contributed by atoms with van der Waals surface area (Å²) in [5.74, 6) is 1.39. The first kappa shape index (κ1) is 14.6. The second-order valence-corrected chi connectivity index (χ2v) is 4.83. The van der Waals surface area contributed by atoms with E-state index in [1.54, 1.807) is 0 Å².